The van der Waals surface area contributed by atoms with E-state index in [4.69, 9.17) is 9.47 Å². The van der Waals surface area contributed by atoms with Gasteiger partial charge in [-0.2, -0.15) is 5.10 Å². The average molecular weight is 509 g/mol. The fourth-order valence-electron chi connectivity index (χ4n) is 4.19. The topological polar surface area (TPSA) is 144 Å². The average Bonchev–Trinajstić information content (AvgIpc) is 3.52. The molecule has 37 heavy (non-hydrogen) atoms. The van der Waals surface area contributed by atoms with E-state index < -0.39 is 29.0 Å². The van der Waals surface area contributed by atoms with Crippen molar-refractivity contribution in [1.29, 1.82) is 0 Å². The molecule has 2 aliphatic rings. The van der Waals surface area contributed by atoms with E-state index in [9.17, 15) is 23.9 Å². The molecule has 1 aromatic carbocycles. The fourth-order valence-corrected chi connectivity index (χ4v) is 4.19. The lowest BCUT2D eigenvalue weighted by Crippen LogP contribution is -2.33. The van der Waals surface area contributed by atoms with Crippen molar-refractivity contribution in [3.05, 3.63) is 64.9 Å². The molecule has 1 aliphatic heterocycles. The van der Waals surface area contributed by atoms with Crippen LogP contribution in [-0.2, 0) is 11.3 Å². The van der Waals surface area contributed by atoms with Gasteiger partial charge in [-0.1, -0.05) is 17.7 Å². The van der Waals surface area contributed by atoms with Crippen molar-refractivity contribution in [2.75, 3.05) is 13.3 Å². The van der Waals surface area contributed by atoms with Crippen molar-refractivity contribution >= 4 is 23.4 Å². The van der Waals surface area contributed by atoms with Crippen LogP contribution >= 0.6 is 0 Å². The first-order chi connectivity index (χ1) is 17.7. The molecular formula is C25H24FN5O6. The first-order valence-electron chi connectivity index (χ1n) is 11.6. The molecule has 3 aromatic rings. The largest absolute Gasteiger partial charge is 0.481 e. The quantitative estimate of drug-likeness (QED) is 0.412. The highest BCUT2D eigenvalue weighted by Gasteiger charge is 2.34. The van der Waals surface area contributed by atoms with Crippen LogP contribution in [0.4, 0.5) is 4.39 Å². The number of carbonyl (C=O) groups excluding carboxylic acids is 2. The molecule has 0 saturated heterocycles. The van der Waals surface area contributed by atoms with Gasteiger partial charge in [0.25, 0.3) is 11.8 Å². The number of nitrogens with one attached hydrogen (secondary N) is 2. The van der Waals surface area contributed by atoms with Crippen molar-refractivity contribution in [3.63, 3.8) is 0 Å². The molecule has 0 fully saturated rings. The van der Waals surface area contributed by atoms with Crippen LogP contribution in [0, 0.1) is 11.2 Å². The summed E-state index contributed by atoms with van der Waals surface area (Å²) in [6.07, 6.45) is 4.10. The number of hydrogen-bond donors (Lipinski definition) is 3. The van der Waals surface area contributed by atoms with Gasteiger partial charge in [0.15, 0.2) is 23.0 Å². The molecule has 0 spiro atoms. The predicted molar refractivity (Wildman–Crippen MR) is 127 cm³/mol. The lowest BCUT2D eigenvalue weighted by atomic mass is 9.76. The Bertz CT molecular complexity index is 1450. The first-order valence-corrected chi connectivity index (χ1v) is 11.6. The number of benzene rings is 1. The number of allylic oxidation sites excluding steroid dienone is 1. The second kappa shape index (κ2) is 9.52. The maximum absolute atomic E-state index is 14.3. The van der Waals surface area contributed by atoms with Crippen LogP contribution in [0.5, 0.6) is 11.5 Å². The molecule has 2 amide bonds. The molecule has 1 atom stereocenters. The van der Waals surface area contributed by atoms with Gasteiger partial charge in [0, 0.05) is 19.2 Å². The van der Waals surface area contributed by atoms with Crippen LogP contribution in [0.25, 0.3) is 5.65 Å². The summed E-state index contributed by atoms with van der Waals surface area (Å²) in [4.78, 5) is 41.3. The third-order valence-electron chi connectivity index (χ3n) is 6.62. The number of ether oxygens (including phenoxy) is 2. The standard InChI is InChI=1S/C25H24FN5O6/c1-25(24(34)35)6-4-14(5-7-25)10-28-23(33)18-9-17(30-21-16(26)12-29-31(18)21)22(32)27-11-15-2-3-19-20(8-15)37-13-36-19/h2-4,8-9,12H,5-7,10-11,13H2,1H3,(H,27,32)(H,28,33)(H,34,35). The van der Waals surface area contributed by atoms with Crippen molar-refractivity contribution in [1.82, 2.24) is 25.2 Å². The second-order valence-corrected chi connectivity index (χ2v) is 9.24. The van der Waals surface area contributed by atoms with Gasteiger partial charge in [0.1, 0.15) is 11.4 Å². The van der Waals surface area contributed by atoms with E-state index in [0.29, 0.717) is 30.8 Å². The Morgan fingerprint density at radius 1 is 1.14 bits per heavy atom. The van der Waals surface area contributed by atoms with E-state index in [0.717, 1.165) is 21.8 Å². The molecule has 11 nitrogen and oxygen atoms in total. The van der Waals surface area contributed by atoms with Crippen LogP contribution < -0.4 is 20.1 Å². The zero-order chi connectivity index (χ0) is 26.2. The number of hydrogen-bond acceptors (Lipinski definition) is 7. The summed E-state index contributed by atoms with van der Waals surface area (Å²) in [6.45, 7) is 2.17. The van der Waals surface area contributed by atoms with E-state index in [2.05, 4.69) is 20.7 Å². The second-order valence-electron chi connectivity index (χ2n) is 9.24. The lowest BCUT2D eigenvalue weighted by Gasteiger charge is -2.28. The number of carboxylic acids is 1. The van der Waals surface area contributed by atoms with Gasteiger partial charge in [-0.15, -0.1) is 0 Å². The highest BCUT2D eigenvalue weighted by Crippen LogP contribution is 2.35. The monoisotopic (exact) mass is 509 g/mol. The van der Waals surface area contributed by atoms with Crippen LogP contribution in [0.15, 0.2) is 42.1 Å². The van der Waals surface area contributed by atoms with E-state index in [1.165, 1.54) is 6.07 Å². The minimum atomic E-state index is -0.851. The molecule has 1 aliphatic carbocycles. The molecular weight excluding hydrogens is 485 g/mol. The van der Waals surface area contributed by atoms with Crippen LogP contribution in [0.2, 0.25) is 0 Å². The Morgan fingerprint density at radius 3 is 2.68 bits per heavy atom. The maximum Gasteiger partial charge on any atom is 0.309 e. The third-order valence-corrected chi connectivity index (χ3v) is 6.62. The van der Waals surface area contributed by atoms with Crippen LogP contribution in [0.3, 0.4) is 0 Å². The summed E-state index contributed by atoms with van der Waals surface area (Å²) < 4.78 is 26.0. The number of nitrogens with zero attached hydrogens (tertiary/aromatic N) is 3. The Morgan fingerprint density at radius 2 is 1.92 bits per heavy atom. The summed E-state index contributed by atoms with van der Waals surface area (Å²) in [6, 6.07) is 6.51. The van der Waals surface area contributed by atoms with Crippen LogP contribution in [-0.4, -0.2) is 50.8 Å². The Hall–Kier alpha value is -4.48. The van der Waals surface area contributed by atoms with Crippen molar-refractivity contribution in [3.8, 4) is 11.5 Å². The smallest absolute Gasteiger partial charge is 0.309 e. The summed E-state index contributed by atoms with van der Waals surface area (Å²) in [7, 11) is 0. The molecule has 1 unspecified atom stereocenters. The zero-order valence-electron chi connectivity index (χ0n) is 19.9. The molecule has 0 bridgehead atoms. The number of fused-ring (bicyclic) bond motifs is 2. The molecule has 5 rings (SSSR count). The van der Waals surface area contributed by atoms with Gasteiger partial charge in [-0.05, 0) is 43.9 Å². The van der Waals surface area contributed by atoms with Crippen molar-refractivity contribution < 1.29 is 33.4 Å². The number of carbonyl (C=O) groups is 3. The number of halogens is 1. The van der Waals surface area contributed by atoms with Gasteiger partial charge < -0.3 is 25.2 Å². The molecule has 2 aromatic heterocycles. The Kier molecular flexibility index (Phi) is 6.24. The van der Waals surface area contributed by atoms with Gasteiger partial charge in [0.2, 0.25) is 6.79 Å². The minimum Gasteiger partial charge on any atom is -0.481 e. The van der Waals surface area contributed by atoms with Gasteiger partial charge in [-0.25, -0.2) is 13.9 Å². The van der Waals surface area contributed by atoms with Crippen molar-refractivity contribution in [2.45, 2.75) is 32.7 Å². The van der Waals surface area contributed by atoms with Gasteiger partial charge in [0.05, 0.1) is 11.6 Å². The number of carboxylic acid groups (broad SMARTS) is 1. The molecule has 3 N–H and O–H groups in total. The minimum absolute atomic E-state index is 0.0612. The normalized spacial score (nSPS) is 18.4. The molecule has 12 heteroatoms. The van der Waals surface area contributed by atoms with E-state index in [1.54, 1.807) is 25.1 Å². The SMILES string of the molecule is CC1(C(=O)O)CC=C(CNC(=O)c2cc(C(=O)NCc3ccc4c(c3)OCO4)nc3c(F)cnn23)CC1. The highest BCUT2D eigenvalue weighted by molar-refractivity contribution is 5.98. The Labute approximate surface area is 210 Å². The molecule has 3 heterocycles. The summed E-state index contributed by atoms with van der Waals surface area (Å²) in [5.74, 6) is -1.61. The number of rotatable bonds is 7. The first kappa shape index (κ1) is 24.2. The lowest BCUT2D eigenvalue weighted by molar-refractivity contribution is -0.148. The highest BCUT2D eigenvalue weighted by atomic mass is 19.1. The number of amides is 2. The maximum atomic E-state index is 14.3. The summed E-state index contributed by atoms with van der Waals surface area (Å²) >= 11 is 0. The summed E-state index contributed by atoms with van der Waals surface area (Å²) in [5.41, 5.74) is 0.369. The number of aliphatic carboxylic acids is 1. The van der Waals surface area contributed by atoms with Gasteiger partial charge in [-0.3, -0.25) is 14.4 Å². The van der Waals surface area contributed by atoms with Crippen molar-refractivity contribution in [2.24, 2.45) is 5.41 Å². The zero-order valence-corrected chi connectivity index (χ0v) is 19.9. The van der Waals surface area contributed by atoms with Gasteiger partial charge >= 0.3 is 5.97 Å². The fraction of sp³-hybridized carbons (Fsp3) is 0.320. The Balaban J connectivity index is 1.30. The van der Waals surface area contributed by atoms with E-state index in [-0.39, 0.29) is 36.9 Å². The number of aromatic nitrogens is 3. The summed E-state index contributed by atoms with van der Waals surface area (Å²) in [5, 5.41) is 18.7. The molecule has 0 radical (unpaired) electrons. The molecule has 0 saturated carbocycles. The predicted octanol–water partition coefficient (Wildman–Crippen LogP) is 2.46. The third kappa shape index (κ3) is 4.82. The van der Waals surface area contributed by atoms with E-state index in [1.807, 2.05) is 6.08 Å². The van der Waals surface area contributed by atoms with E-state index >= 15 is 0 Å². The van der Waals surface area contributed by atoms with Crippen LogP contribution in [0.1, 0.15) is 52.7 Å². The molecule has 192 valence electrons.